The van der Waals surface area contributed by atoms with Crippen LogP contribution in [0.1, 0.15) is 45.1 Å². The minimum absolute atomic E-state index is 0. The van der Waals surface area contributed by atoms with E-state index in [1.807, 2.05) is 30.3 Å². The summed E-state index contributed by atoms with van der Waals surface area (Å²) in [4.78, 5) is 4.23. The summed E-state index contributed by atoms with van der Waals surface area (Å²) in [6.07, 6.45) is 4.90. The zero-order valence-corrected chi connectivity index (χ0v) is 18.2. The molecule has 0 aliphatic rings. The van der Waals surface area contributed by atoms with Crippen LogP contribution in [0.2, 0.25) is 0 Å². The lowest BCUT2D eigenvalue weighted by molar-refractivity contribution is 0.547. The molecule has 2 N–H and O–H groups in total. The number of halogens is 1. The number of nitrogens with one attached hydrogen (secondary N) is 2. The van der Waals surface area contributed by atoms with Crippen LogP contribution in [0.4, 0.5) is 0 Å². The van der Waals surface area contributed by atoms with Gasteiger partial charge in [0, 0.05) is 41.9 Å². The van der Waals surface area contributed by atoms with Crippen LogP contribution >= 0.6 is 24.0 Å². The molecule has 138 valence electrons. The van der Waals surface area contributed by atoms with Gasteiger partial charge in [0.15, 0.2) is 5.96 Å². The Kier molecular flexibility index (Phi) is 14.3. The van der Waals surface area contributed by atoms with E-state index < -0.39 is 10.8 Å². The molecule has 1 aromatic rings. The van der Waals surface area contributed by atoms with Crippen LogP contribution in [0, 0.1) is 0 Å². The fourth-order valence-corrected chi connectivity index (χ4v) is 3.35. The van der Waals surface area contributed by atoms with Crippen molar-refractivity contribution in [3.8, 4) is 0 Å². The van der Waals surface area contributed by atoms with Crippen molar-refractivity contribution < 1.29 is 4.21 Å². The van der Waals surface area contributed by atoms with Crippen molar-refractivity contribution in [3.63, 3.8) is 0 Å². The van der Waals surface area contributed by atoms with Gasteiger partial charge in [0.05, 0.1) is 0 Å². The zero-order chi connectivity index (χ0) is 16.9. The first-order chi connectivity index (χ1) is 11.2. The Hall–Kier alpha value is -0.630. The molecule has 0 fully saturated rings. The van der Waals surface area contributed by atoms with Crippen molar-refractivity contribution in [1.82, 2.24) is 10.6 Å². The lowest BCUT2D eigenvalue weighted by atomic mass is 10.1. The number of rotatable bonds is 10. The summed E-state index contributed by atoms with van der Waals surface area (Å²) in [7, 11) is 0.919. The molecular weight excluding hydrogens is 433 g/mol. The average Bonchev–Trinajstić information content (AvgIpc) is 2.55. The maximum Gasteiger partial charge on any atom is 0.191 e. The molecule has 0 aliphatic heterocycles. The molecule has 0 saturated heterocycles. The minimum Gasteiger partial charge on any atom is -0.355 e. The topological polar surface area (TPSA) is 53.5 Å². The first-order valence-electron chi connectivity index (χ1n) is 8.51. The average molecular weight is 465 g/mol. The highest BCUT2D eigenvalue weighted by molar-refractivity contribution is 14.0. The quantitative estimate of drug-likeness (QED) is 0.240. The highest BCUT2D eigenvalue weighted by Gasteiger charge is 2.06. The van der Waals surface area contributed by atoms with Gasteiger partial charge in [-0.3, -0.25) is 9.20 Å². The molecule has 0 aromatic heterocycles. The first kappa shape index (κ1) is 23.4. The third-order valence-electron chi connectivity index (χ3n) is 3.64. The van der Waals surface area contributed by atoms with Crippen molar-refractivity contribution in [2.75, 3.05) is 19.3 Å². The first-order valence-corrected chi connectivity index (χ1v) is 10.0. The standard InChI is InChI=1S/C18H31N3OS.HI/c1-4-5-7-10-16(2)21-18(19-3)20-13-14-23(22)15-17-11-8-6-9-12-17;/h6,8-9,11-12,16H,4-5,7,10,13-15H2,1-3H3,(H2,19,20,21);1H. The molecule has 2 unspecified atom stereocenters. The van der Waals surface area contributed by atoms with E-state index in [4.69, 9.17) is 0 Å². The van der Waals surface area contributed by atoms with Crippen LogP contribution in [0.3, 0.4) is 0 Å². The SMILES string of the molecule is CCCCCC(C)NC(=NC)NCCS(=O)Cc1ccccc1.I. The molecule has 0 heterocycles. The summed E-state index contributed by atoms with van der Waals surface area (Å²) in [6.45, 7) is 5.06. The molecule has 2 atom stereocenters. The van der Waals surface area contributed by atoms with Gasteiger partial charge in [0.25, 0.3) is 0 Å². The molecule has 0 saturated carbocycles. The number of aliphatic imine (C=N–C) groups is 1. The highest BCUT2D eigenvalue weighted by atomic mass is 127. The summed E-state index contributed by atoms with van der Waals surface area (Å²) >= 11 is 0. The van der Waals surface area contributed by atoms with E-state index in [0.29, 0.717) is 24.1 Å². The van der Waals surface area contributed by atoms with E-state index in [9.17, 15) is 4.21 Å². The minimum atomic E-state index is -0.853. The van der Waals surface area contributed by atoms with Crippen molar-refractivity contribution in [1.29, 1.82) is 0 Å². The molecule has 24 heavy (non-hydrogen) atoms. The predicted octanol–water partition coefficient (Wildman–Crippen LogP) is 3.69. The van der Waals surface area contributed by atoms with Crippen LogP contribution in [0.25, 0.3) is 0 Å². The van der Waals surface area contributed by atoms with Crippen molar-refractivity contribution >= 4 is 40.7 Å². The molecule has 0 bridgehead atoms. The number of nitrogens with zero attached hydrogens (tertiary/aromatic N) is 1. The highest BCUT2D eigenvalue weighted by Crippen LogP contribution is 2.03. The van der Waals surface area contributed by atoms with Gasteiger partial charge >= 0.3 is 0 Å². The van der Waals surface area contributed by atoms with Gasteiger partial charge in [-0.05, 0) is 18.9 Å². The van der Waals surface area contributed by atoms with E-state index >= 15 is 0 Å². The molecule has 1 aromatic carbocycles. The van der Waals surface area contributed by atoms with E-state index in [1.54, 1.807) is 7.05 Å². The number of guanidine groups is 1. The van der Waals surface area contributed by atoms with Gasteiger partial charge in [-0.1, -0.05) is 56.5 Å². The van der Waals surface area contributed by atoms with Crippen LogP contribution in [-0.4, -0.2) is 35.6 Å². The van der Waals surface area contributed by atoms with Gasteiger partial charge < -0.3 is 10.6 Å². The molecule has 1 rings (SSSR count). The van der Waals surface area contributed by atoms with E-state index in [0.717, 1.165) is 17.9 Å². The number of hydrogen-bond donors (Lipinski definition) is 2. The van der Waals surface area contributed by atoms with Crippen molar-refractivity contribution in [3.05, 3.63) is 35.9 Å². The van der Waals surface area contributed by atoms with Crippen LogP contribution in [0.15, 0.2) is 35.3 Å². The molecule has 0 amide bonds. The second kappa shape index (κ2) is 14.7. The summed E-state index contributed by atoms with van der Waals surface area (Å²) in [5, 5.41) is 6.64. The van der Waals surface area contributed by atoms with E-state index in [1.165, 1.54) is 19.3 Å². The van der Waals surface area contributed by atoms with E-state index in [-0.39, 0.29) is 24.0 Å². The number of hydrogen-bond acceptors (Lipinski definition) is 2. The Morgan fingerprint density at radius 3 is 2.58 bits per heavy atom. The molecule has 0 aliphatic carbocycles. The fraction of sp³-hybridized carbons (Fsp3) is 0.611. The van der Waals surface area contributed by atoms with Crippen molar-refractivity contribution in [2.45, 2.75) is 51.3 Å². The summed E-state index contributed by atoms with van der Waals surface area (Å²) in [5.41, 5.74) is 1.12. The summed E-state index contributed by atoms with van der Waals surface area (Å²) < 4.78 is 12.1. The van der Waals surface area contributed by atoms with E-state index in [2.05, 4.69) is 29.5 Å². The molecular formula is C18H32IN3OS. The van der Waals surface area contributed by atoms with Gasteiger partial charge in [0.2, 0.25) is 0 Å². The maximum atomic E-state index is 12.1. The monoisotopic (exact) mass is 465 g/mol. The largest absolute Gasteiger partial charge is 0.355 e. The van der Waals surface area contributed by atoms with Crippen LogP contribution < -0.4 is 10.6 Å². The Labute approximate surface area is 166 Å². The molecule has 0 spiro atoms. The van der Waals surface area contributed by atoms with Gasteiger partial charge in [-0.25, -0.2) is 0 Å². The van der Waals surface area contributed by atoms with Crippen molar-refractivity contribution in [2.24, 2.45) is 4.99 Å². The van der Waals surface area contributed by atoms with Gasteiger partial charge in [-0.2, -0.15) is 0 Å². The Morgan fingerprint density at radius 1 is 1.25 bits per heavy atom. The number of unbranched alkanes of at least 4 members (excludes halogenated alkanes) is 2. The second-order valence-electron chi connectivity index (χ2n) is 5.81. The lowest BCUT2D eigenvalue weighted by Crippen LogP contribution is -2.43. The lowest BCUT2D eigenvalue weighted by Gasteiger charge is -2.17. The predicted molar refractivity (Wildman–Crippen MR) is 117 cm³/mol. The molecule has 6 heteroatoms. The second-order valence-corrected chi connectivity index (χ2v) is 7.39. The summed E-state index contributed by atoms with van der Waals surface area (Å²) in [6, 6.07) is 10.4. The number of benzene rings is 1. The Morgan fingerprint density at radius 2 is 1.96 bits per heavy atom. The molecule has 0 radical (unpaired) electrons. The summed E-state index contributed by atoms with van der Waals surface area (Å²) in [5.74, 6) is 2.03. The third kappa shape index (κ3) is 11.0. The Bertz CT molecular complexity index is 482. The smallest absolute Gasteiger partial charge is 0.191 e. The van der Waals surface area contributed by atoms with Crippen LogP contribution in [0.5, 0.6) is 0 Å². The van der Waals surface area contributed by atoms with Gasteiger partial charge in [0.1, 0.15) is 0 Å². The normalized spacial score (nSPS) is 13.7. The fourth-order valence-electron chi connectivity index (χ4n) is 2.32. The van der Waals surface area contributed by atoms with Gasteiger partial charge in [-0.15, -0.1) is 24.0 Å². The molecule has 4 nitrogen and oxygen atoms in total. The zero-order valence-electron chi connectivity index (χ0n) is 15.1. The van der Waals surface area contributed by atoms with Crippen LogP contribution in [-0.2, 0) is 16.6 Å². The third-order valence-corrected chi connectivity index (χ3v) is 4.95. The maximum absolute atomic E-state index is 12.1. The Balaban J connectivity index is 0.00000529.